The Bertz CT molecular complexity index is 702. The Morgan fingerprint density at radius 1 is 1.19 bits per heavy atom. The standard InChI is InChI=1S/C16H13Cl2NO2/c1-10-16(20)19(14-4-2-3-5-15(14)21-10)9-11-6-7-12(17)8-13(11)18/h2-8,10H,9H2,1H3. The second-order valence-corrected chi connectivity index (χ2v) is 5.73. The Labute approximate surface area is 133 Å². The number of amides is 1. The van der Waals surface area contributed by atoms with E-state index in [1.165, 1.54) is 0 Å². The SMILES string of the molecule is CC1Oc2ccccc2N(Cc2ccc(Cl)cc2Cl)C1=O. The van der Waals surface area contributed by atoms with E-state index < -0.39 is 6.10 Å². The third-order valence-electron chi connectivity index (χ3n) is 3.42. The van der Waals surface area contributed by atoms with Crippen molar-refractivity contribution in [2.75, 3.05) is 4.90 Å². The maximum atomic E-state index is 12.4. The molecule has 3 nitrogen and oxygen atoms in total. The van der Waals surface area contributed by atoms with Crippen LogP contribution in [0.25, 0.3) is 0 Å². The third kappa shape index (κ3) is 2.71. The molecule has 1 heterocycles. The number of halogens is 2. The molecule has 1 unspecified atom stereocenters. The Morgan fingerprint density at radius 3 is 2.71 bits per heavy atom. The van der Waals surface area contributed by atoms with E-state index in [0.717, 1.165) is 11.3 Å². The molecule has 1 aliphatic rings. The van der Waals surface area contributed by atoms with Crippen molar-refractivity contribution in [3.8, 4) is 5.75 Å². The molecule has 1 aliphatic heterocycles. The summed E-state index contributed by atoms with van der Waals surface area (Å²) in [6.45, 7) is 2.13. The van der Waals surface area contributed by atoms with Crippen molar-refractivity contribution in [1.82, 2.24) is 0 Å². The average Bonchev–Trinajstić information content (AvgIpc) is 2.46. The fourth-order valence-corrected chi connectivity index (χ4v) is 2.81. The molecule has 21 heavy (non-hydrogen) atoms. The predicted octanol–water partition coefficient (Wildman–Crippen LogP) is 4.31. The summed E-state index contributed by atoms with van der Waals surface area (Å²) < 4.78 is 5.62. The van der Waals surface area contributed by atoms with Gasteiger partial charge in [0, 0.05) is 10.0 Å². The minimum absolute atomic E-state index is 0.0836. The number of rotatable bonds is 2. The number of hydrogen-bond acceptors (Lipinski definition) is 2. The fraction of sp³-hybridized carbons (Fsp3) is 0.188. The van der Waals surface area contributed by atoms with E-state index in [-0.39, 0.29) is 5.91 Å². The summed E-state index contributed by atoms with van der Waals surface area (Å²) >= 11 is 12.1. The Kier molecular flexibility index (Phi) is 3.79. The first-order chi connectivity index (χ1) is 10.1. The van der Waals surface area contributed by atoms with Gasteiger partial charge in [-0.05, 0) is 36.8 Å². The van der Waals surface area contributed by atoms with E-state index in [2.05, 4.69) is 0 Å². The van der Waals surface area contributed by atoms with Gasteiger partial charge in [-0.2, -0.15) is 0 Å². The van der Waals surface area contributed by atoms with E-state index >= 15 is 0 Å². The minimum atomic E-state index is -0.508. The molecule has 0 aromatic heterocycles. The van der Waals surface area contributed by atoms with E-state index in [1.54, 1.807) is 24.0 Å². The van der Waals surface area contributed by atoms with Crippen molar-refractivity contribution in [3.63, 3.8) is 0 Å². The Morgan fingerprint density at radius 2 is 1.95 bits per heavy atom. The van der Waals surface area contributed by atoms with Gasteiger partial charge in [0.1, 0.15) is 5.75 Å². The van der Waals surface area contributed by atoms with Crippen LogP contribution in [0.1, 0.15) is 12.5 Å². The highest BCUT2D eigenvalue weighted by molar-refractivity contribution is 6.35. The first-order valence-electron chi connectivity index (χ1n) is 6.57. The quantitative estimate of drug-likeness (QED) is 0.825. The van der Waals surface area contributed by atoms with Gasteiger partial charge >= 0.3 is 0 Å². The summed E-state index contributed by atoms with van der Waals surface area (Å²) in [5.41, 5.74) is 1.60. The molecular weight excluding hydrogens is 309 g/mol. The topological polar surface area (TPSA) is 29.5 Å². The first-order valence-corrected chi connectivity index (χ1v) is 7.33. The van der Waals surface area contributed by atoms with Gasteiger partial charge in [-0.1, -0.05) is 41.4 Å². The number of benzene rings is 2. The fourth-order valence-electron chi connectivity index (χ4n) is 2.34. The number of ether oxygens (including phenoxy) is 1. The normalized spacial score (nSPS) is 17.4. The van der Waals surface area contributed by atoms with Crippen LogP contribution in [0.3, 0.4) is 0 Å². The summed E-state index contributed by atoms with van der Waals surface area (Å²) in [6, 6.07) is 12.8. The second kappa shape index (κ2) is 5.58. The van der Waals surface area contributed by atoms with Crippen molar-refractivity contribution in [1.29, 1.82) is 0 Å². The van der Waals surface area contributed by atoms with E-state index in [1.807, 2.05) is 30.3 Å². The van der Waals surface area contributed by atoms with Gasteiger partial charge in [-0.25, -0.2) is 0 Å². The summed E-state index contributed by atoms with van der Waals surface area (Å²) in [4.78, 5) is 14.1. The monoisotopic (exact) mass is 321 g/mol. The second-order valence-electron chi connectivity index (χ2n) is 4.89. The van der Waals surface area contributed by atoms with Crippen molar-refractivity contribution < 1.29 is 9.53 Å². The lowest BCUT2D eigenvalue weighted by molar-refractivity contribution is -0.125. The van der Waals surface area contributed by atoms with Gasteiger partial charge in [-0.15, -0.1) is 0 Å². The Hall–Kier alpha value is -1.71. The van der Waals surface area contributed by atoms with E-state index in [9.17, 15) is 4.79 Å². The molecule has 1 atom stereocenters. The molecule has 0 bridgehead atoms. The van der Waals surface area contributed by atoms with Crippen LogP contribution in [0, 0.1) is 0 Å². The van der Waals surface area contributed by atoms with Crippen molar-refractivity contribution in [2.45, 2.75) is 19.6 Å². The number of anilines is 1. The zero-order chi connectivity index (χ0) is 15.0. The van der Waals surface area contributed by atoms with Gasteiger partial charge in [0.25, 0.3) is 5.91 Å². The van der Waals surface area contributed by atoms with Gasteiger partial charge in [0.2, 0.25) is 0 Å². The molecule has 0 radical (unpaired) electrons. The van der Waals surface area contributed by atoms with Gasteiger partial charge < -0.3 is 9.64 Å². The summed E-state index contributed by atoms with van der Waals surface area (Å²) in [5, 5.41) is 1.12. The predicted molar refractivity (Wildman–Crippen MR) is 84.2 cm³/mol. The van der Waals surface area contributed by atoms with Crippen LogP contribution in [0.5, 0.6) is 5.75 Å². The van der Waals surface area contributed by atoms with Crippen molar-refractivity contribution >= 4 is 34.8 Å². The van der Waals surface area contributed by atoms with Gasteiger partial charge in [0.15, 0.2) is 6.10 Å². The smallest absolute Gasteiger partial charge is 0.268 e. The number of fused-ring (bicyclic) bond motifs is 1. The molecule has 5 heteroatoms. The number of para-hydroxylation sites is 2. The highest BCUT2D eigenvalue weighted by atomic mass is 35.5. The van der Waals surface area contributed by atoms with Crippen molar-refractivity contribution in [2.24, 2.45) is 0 Å². The maximum absolute atomic E-state index is 12.4. The molecule has 3 rings (SSSR count). The summed E-state index contributed by atoms with van der Waals surface area (Å²) in [7, 11) is 0. The lowest BCUT2D eigenvalue weighted by Crippen LogP contribution is -2.44. The molecule has 1 amide bonds. The number of nitrogens with zero attached hydrogens (tertiary/aromatic N) is 1. The first kappa shape index (κ1) is 14.2. The lowest BCUT2D eigenvalue weighted by Gasteiger charge is -2.33. The molecule has 0 saturated heterocycles. The van der Waals surface area contributed by atoms with E-state index in [0.29, 0.717) is 22.3 Å². The average molecular weight is 322 g/mol. The van der Waals surface area contributed by atoms with E-state index in [4.69, 9.17) is 27.9 Å². The highest BCUT2D eigenvalue weighted by Crippen LogP contribution is 2.35. The largest absolute Gasteiger partial charge is 0.479 e. The third-order valence-corrected chi connectivity index (χ3v) is 4.00. The van der Waals surface area contributed by atoms with Crippen LogP contribution in [0.2, 0.25) is 10.0 Å². The molecule has 0 aliphatic carbocycles. The number of carbonyl (C=O) groups is 1. The van der Waals surface area contributed by atoms with Crippen LogP contribution < -0.4 is 9.64 Å². The molecule has 0 saturated carbocycles. The zero-order valence-corrected chi connectivity index (χ0v) is 12.9. The molecule has 2 aromatic rings. The molecular formula is C16H13Cl2NO2. The minimum Gasteiger partial charge on any atom is -0.479 e. The number of hydrogen-bond donors (Lipinski definition) is 0. The van der Waals surface area contributed by atoms with Gasteiger partial charge in [-0.3, -0.25) is 4.79 Å². The lowest BCUT2D eigenvalue weighted by atomic mass is 10.1. The highest BCUT2D eigenvalue weighted by Gasteiger charge is 2.31. The molecule has 0 N–H and O–H groups in total. The van der Waals surface area contributed by atoms with Gasteiger partial charge in [0.05, 0.1) is 12.2 Å². The summed E-state index contributed by atoms with van der Waals surface area (Å²) in [5.74, 6) is 0.620. The van der Waals surface area contributed by atoms with Crippen LogP contribution in [-0.4, -0.2) is 12.0 Å². The molecule has 0 spiro atoms. The maximum Gasteiger partial charge on any atom is 0.268 e. The van der Waals surface area contributed by atoms with Crippen LogP contribution in [0.4, 0.5) is 5.69 Å². The van der Waals surface area contributed by atoms with Crippen LogP contribution in [0.15, 0.2) is 42.5 Å². The molecule has 2 aromatic carbocycles. The molecule has 108 valence electrons. The summed E-state index contributed by atoms with van der Waals surface area (Å²) in [6.07, 6.45) is -0.508. The Balaban J connectivity index is 1.99. The molecule has 0 fully saturated rings. The van der Waals surface area contributed by atoms with Crippen LogP contribution in [-0.2, 0) is 11.3 Å². The number of carbonyl (C=O) groups excluding carboxylic acids is 1. The zero-order valence-electron chi connectivity index (χ0n) is 11.3. The van der Waals surface area contributed by atoms with Crippen molar-refractivity contribution in [3.05, 3.63) is 58.1 Å². The van der Waals surface area contributed by atoms with Crippen LogP contribution >= 0.6 is 23.2 Å².